The van der Waals surface area contributed by atoms with Gasteiger partial charge in [0.15, 0.2) is 6.10 Å². The fraction of sp³-hybridized carbons (Fsp3) is 0.780. The van der Waals surface area contributed by atoms with Crippen molar-refractivity contribution in [3.05, 3.63) is 97.2 Å². The largest absolute Gasteiger partial charge is 0.462 e. The van der Waals surface area contributed by atoms with E-state index < -0.39 is 6.10 Å². The summed E-state index contributed by atoms with van der Waals surface area (Å²) in [7, 11) is 0. The Bertz CT molecular complexity index is 1610. The van der Waals surface area contributed by atoms with Crippen LogP contribution in [0.1, 0.15) is 393 Å². The van der Waals surface area contributed by atoms with Crippen molar-refractivity contribution in [1.82, 2.24) is 0 Å². The van der Waals surface area contributed by atoms with Gasteiger partial charge in [-0.05, 0) is 77.0 Å². The summed E-state index contributed by atoms with van der Waals surface area (Å²) in [5.74, 6) is -0.582. The molecule has 0 saturated carbocycles. The molecular weight excluding hydrogens is 1060 g/mol. The van der Waals surface area contributed by atoms with Crippen LogP contribution in [0.25, 0.3) is 0 Å². The number of carbonyl (C=O) groups is 2. The monoisotopic (exact) mass is 1210 g/mol. The number of aliphatic hydroxyl groups is 1. The second kappa shape index (κ2) is 77.1. The first-order valence-electron chi connectivity index (χ1n) is 38.3. The molecule has 0 aromatic heterocycles. The predicted molar refractivity (Wildman–Crippen MR) is 385 cm³/mol. The smallest absolute Gasteiger partial charge is 0.306 e. The summed E-state index contributed by atoms with van der Waals surface area (Å²) in [5, 5.41) is 9.72. The Kier molecular flexibility index (Phi) is 74.2. The number of aliphatic hydroxyl groups excluding tert-OH is 1. The number of hydrogen-bond acceptors (Lipinski definition) is 5. The number of esters is 2. The van der Waals surface area contributed by atoms with Crippen molar-refractivity contribution >= 4 is 11.9 Å². The molecule has 1 unspecified atom stereocenters. The Labute approximate surface area is 542 Å². The summed E-state index contributed by atoms with van der Waals surface area (Å²) in [5.41, 5.74) is 0. The third-order valence-electron chi connectivity index (χ3n) is 17.1. The summed E-state index contributed by atoms with van der Waals surface area (Å²) >= 11 is 0. The molecule has 0 rings (SSSR count). The van der Waals surface area contributed by atoms with Crippen LogP contribution in [0.5, 0.6) is 0 Å². The molecule has 0 amide bonds. The first kappa shape index (κ1) is 83.8. The number of rotatable bonds is 71. The highest BCUT2D eigenvalue weighted by Crippen LogP contribution is 2.19. The Morgan fingerprint density at radius 2 is 0.494 bits per heavy atom. The van der Waals surface area contributed by atoms with Crippen LogP contribution in [-0.2, 0) is 19.1 Å². The number of allylic oxidation sites excluding steroid dienone is 16. The van der Waals surface area contributed by atoms with Crippen molar-refractivity contribution in [2.45, 2.75) is 399 Å². The van der Waals surface area contributed by atoms with E-state index in [-0.39, 0.29) is 25.2 Å². The van der Waals surface area contributed by atoms with Crippen molar-refractivity contribution in [1.29, 1.82) is 0 Å². The molecule has 0 bridgehead atoms. The summed E-state index contributed by atoms with van der Waals surface area (Å²) in [6, 6.07) is 0. The van der Waals surface area contributed by atoms with Crippen molar-refractivity contribution in [3.63, 3.8) is 0 Å². The van der Waals surface area contributed by atoms with Crippen molar-refractivity contribution in [2.75, 3.05) is 13.2 Å². The van der Waals surface area contributed by atoms with Crippen LogP contribution < -0.4 is 0 Å². The quantitative estimate of drug-likeness (QED) is 0.0373. The summed E-state index contributed by atoms with van der Waals surface area (Å²) in [6.07, 6.45) is 110. The first-order chi connectivity index (χ1) is 43.1. The summed E-state index contributed by atoms with van der Waals surface area (Å²) < 4.78 is 10.8. The van der Waals surface area contributed by atoms with Gasteiger partial charge >= 0.3 is 11.9 Å². The van der Waals surface area contributed by atoms with E-state index in [1.165, 1.54) is 276 Å². The highest BCUT2D eigenvalue weighted by Gasteiger charge is 2.16. The second-order valence-corrected chi connectivity index (χ2v) is 25.7. The molecule has 0 spiro atoms. The lowest BCUT2D eigenvalue weighted by atomic mass is 10.0. The van der Waals surface area contributed by atoms with E-state index in [9.17, 15) is 14.7 Å². The number of hydrogen-bond donors (Lipinski definition) is 1. The van der Waals surface area contributed by atoms with Gasteiger partial charge in [-0.25, -0.2) is 0 Å². The average molecular weight is 1210 g/mol. The zero-order valence-corrected chi connectivity index (χ0v) is 58.0. The van der Waals surface area contributed by atoms with Crippen LogP contribution in [0.4, 0.5) is 0 Å². The second-order valence-electron chi connectivity index (χ2n) is 25.7. The number of ether oxygens (including phenoxy) is 2. The molecule has 0 saturated heterocycles. The molecule has 0 aliphatic rings. The number of unbranched alkanes of at least 4 members (excludes halogenated alkanes) is 47. The van der Waals surface area contributed by atoms with Crippen molar-refractivity contribution in [3.8, 4) is 0 Å². The van der Waals surface area contributed by atoms with Gasteiger partial charge in [-0.1, -0.05) is 400 Å². The van der Waals surface area contributed by atoms with Gasteiger partial charge in [0.05, 0.1) is 6.61 Å². The van der Waals surface area contributed by atoms with E-state index in [4.69, 9.17) is 9.47 Å². The van der Waals surface area contributed by atoms with E-state index >= 15 is 0 Å². The fourth-order valence-corrected chi connectivity index (χ4v) is 11.5. The Hall–Kier alpha value is -3.18. The van der Waals surface area contributed by atoms with Gasteiger partial charge in [0, 0.05) is 12.8 Å². The standard InChI is InChI=1S/C82H146O5/c1-3-5-7-9-11-13-15-17-19-21-23-25-27-29-31-33-35-37-39-40-41-43-44-46-48-50-52-54-56-58-60-62-64-66-68-70-72-74-76-81(84)86-79-80(78-83)87-82(85)77-75-73-71-69-67-65-63-61-59-57-55-53-51-49-47-45-42-38-36-34-32-30-28-26-24-22-20-18-16-14-12-10-8-6-4-2/h6,8,12,14,18,20,24,26,30,32,36,38,45,47,51,53,80,83H,3-5,7,9-11,13,15-17,19,21-23,25,27-29,31,33-35,37,39-44,46,48-50,52,54-79H2,1-2H3/b8-6-,14-12-,20-18-,26-24-,32-30-,38-36-,47-45-,53-51-. The molecule has 0 radical (unpaired) electrons. The molecule has 0 aromatic rings. The molecular formula is C82H146O5. The molecule has 1 N–H and O–H groups in total. The molecule has 0 heterocycles. The molecule has 0 aromatic carbocycles. The van der Waals surface area contributed by atoms with Gasteiger partial charge in [-0.15, -0.1) is 0 Å². The maximum absolute atomic E-state index is 12.4. The summed E-state index contributed by atoms with van der Waals surface area (Å²) in [6.45, 7) is 4.07. The van der Waals surface area contributed by atoms with Crippen LogP contribution in [0, 0.1) is 0 Å². The molecule has 504 valence electrons. The minimum absolute atomic E-state index is 0.0675. The predicted octanol–water partition coefficient (Wildman–Crippen LogP) is 26.9. The van der Waals surface area contributed by atoms with E-state index in [1.54, 1.807) is 0 Å². The minimum Gasteiger partial charge on any atom is -0.462 e. The average Bonchev–Trinajstić information content (AvgIpc) is 3.52. The lowest BCUT2D eigenvalue weighted by Crippen LogP contribution is -2.28. The highest BCUT2D eigenvalue weighted by molar-refractivity contribution is 5.70. The maximum Gasteiger partial charge on any atom is 0.306 e. The topological polar surface area (TPSA) is 72.8 Å². The van der Waals surface area contributed by atoms with Crippen LogP contribution in [-0.4, -0.2) is 36.4 Å². The third-order valence-corrected chi connectivity index (χ3v) is 17.1. The molecule has 0 fully saturated rings. The maximum atomic E-state index is 12.4. The van der Waals surface area contributed by atoms with Crippen LogP contribution in [0.2, 0.25) is 0 Å². The lowest BCUT2D eigenvalue weighted by molar-refractivity contribution is -0.161. The zero-order valence-electron chi connectivity index (χ0n) is 58.0. The Morgan fingerprint density at radius 3 is 0.747 bits per heavy atom. The van der Waals surface area contributed by atoms with E-state index in [0.29, 0.717) is 12.8 Å². The van der Waals surface area contributed by atoms with Gasteiger partial charge in [0.2, 0.25) is 0 Å². The molecule has 0 aliphatic heterocycles. The van der Waals surface area contributed by atoms with E-state index in [2.05, 4.69) is 111 Å². The molecule has 5 nitrogen and oxygen atoms in total. The van der Waals surface area contributed by atoms with Crippen molar-refractivity contribution < 1.29 is 24.2 Å². The zero-order chi connectivity index (χ0) is 62.6. The minimum atomic E-state index is -0.780. The SMILES string of the molecule is CC/C=C\C/C=C\C/C=C\C/C=C\C/C=C\C/C=C\C/C=C\C/C=C\CCCCCCCCCCCCC(=O)OC(CO)COC(=O)CCCCCCCCCCCCCCCCCCCCCCCCCCCCCCCCCCCCCCCC. The number of carbonyl (C=O) groups excluding carboxylic acids is 2. The molecule has 5 heteroatoms. The van der Waals surface area contributed by atoms with Gasteiger partial charge in [-0.2, -0.15) is 0 Å². The van der Waals surface area contributed by atoms with Gasteiger partial charge < -0.3 is 14.6 Å². The lowest BCUT2D eigenvalue weighted by Gasteiger charge is -2.15. The first-order valence-corrected chi connectivity index (χ1v) is 38.3. The van der Waals surface area contributed by atoms with E-state index in [1.807, 2.05) is 0 Å². The van der Waals surface area contributed by atoms with E-state index in [0.717, 1.165) is 89.9 Å². The van der Waals surface area contributed by atoms with Gasteiger partial charge in [0.25, 0.3) is 0 Å². The van der Waals surface area contributed by atoms with Crippen LogP contribution in [0.15, 0.2) is 97.2 Å². The molecule has 1 atom stereocenters. The highest BCUT2D eigenvalue weighted by atomic mass is 16.6. The Balaban J connectivity index is 3.44. The Morgan fingerprint density at radius 1 is 0.276 bits per heavy atom. The summed E-state index contributed by atoms with van der Waals surface area (Å²) in [4.78, 5) is 24.7. The fourth-order valence-electron chi connectivity index (χ4n) is 11.5. The van der Waals surface area contributed by atoms with Gasteiger partial charge in [0.1, 0.15) is 6.61 Å². The van der Waals surface area contributed by atoms with Gasteiger partial charge in [-0.3, -0.25) is 9.59 Å². The third kappa shape index (κ3) is 75.2. The normalized spacial score (nSPS) is 12.7. The van der Waals surface area contributed by atoms with Crippen molar-refractivity contribution in [2.24, 2.45) is 0 Å². The molecule has 87 heavy (non-hydrogen) atoms. The molecule has 0 aliphatic carbocycles. The van der Waals surface area contributed by atoms with Crippen LogP contribution in [0.3, 0.4) is 0 Å². The van der Waals surface area contributed by atoms with Crippen LogP contribution >= 0.6 is 0 Å².